The monoisotopic (exact) mass is 342 g/mol. The molecule has 1 heterocycles. The summed E-state index contributed by atoms with van der Waals surface area (Å²) < 4.78 is 28.8. The zero-order valence-corrected chi connectivity index (χ0v) is 13.8. The predicted molar refractivity (Wildman–Crippen MR) is 85.9 cm³/mol. The van der Waals surface area contributed by atoms with E-state index in [0.717, 1.165) is 32.4 Å². The van der Waals surface area contributed by atoms with Crippen LogP contribution in [0.3, 0.4) is 0 Å². The highest BCUT2D eigenvalue weighted by atomic mass is 19.3. The number of aliphatic hydroxyl groups is 1. The van der Waals surface area contributed by atoms with E-state index in [9.17, 15) is 18.7 Å². The number of ether oxygens (including phenoxy) is 1. The molecular formula is C17H24F2N2O3. The maximum atomic E-state index is 12.3. The zero-order valence-electron chi connectivity index (χ0n) is 13.8. The third kappa shape index (κ3) is 5.14. The Morgan fingerprint density at radius 1 is 1.46 bits per heavy atom. The van der Waals surface area contributed by atoms with Crippen LogP contribution in [-0.2, 0) is 4.79 Å². The molecule has 5 nitrogen and oxygen atoms in total. The molecule has 0 saturated carbocycles. The fraction of sp³-hybridized carbons (Fsp3) is 0.588. The molecule has 7 heteroatoms. The highest BCUT2D eigenvalue weighted by Crippen LogP contribution is 2.21. The number of hydrogen-bond acceptors (Lipinski definition) is 4. The standard InChI is InChI=1S/C17H24F2N2O3/c1-2-21-9-4-3-8-14(21)16(23)20-11-15(22)12-6-5-7-13(10-12)24-17(18)19/h5-7,10,14-15,17,22H,2-4,8-9,11H2,1H3,(H,20,23). The van der Waals surface area contributed by atoms with Gasteiger partial charge in [0.15, 0.2) is 0 Å². The van der Waals surface area contributed by atoms with Crippen molar-refractivity contribution in [2.45, 2.75) is 44.9 Å². The van der Waals surface area contributed by atoms with Gasteiger partial charge in [-0.25, -0.2) is 0 Å². The topological polar surface area (TPSA) is 61.8 Å². The van der Waals surface area contributed by atoms with E-state index in [1.165, 1.54) is 18.2 Å². The number of nitrogens with zero attached hydrogens (tertiary/aromatic N) is 1. The highest BCUT2D eigenvalue weighted by Gasteiger charge is 2.27. The van der Waals surface area contributed by atoms with Gasteiger partial charge < -0.3 is 15.2 Å². The van der Waals surface area contributed by atoms with E-state index in [-0.39, 0.29) is 24.2 Å². The Bertz CT molecular complexity index is 542. The number of likely N-dealkylation sites (N-methyl/N-ethyl adjacent to an activating group) is 1. The Balaban J connectivity index is 1.90. The third-order valence-electron chi connectivity index (χ3n) is 4.26. The molecule has 2 atom stereocenters. The molecule has 1 fully saturated rings. The lowest BCUT2D eigenvalue weighted by Gasteiger charge is -2.33. The number of nitrogens with one attached hydrogen (secondary N) is 1. The fourth-order valence-corrected chi connectivity index (χ4v) is 3.00. The predicted octanol–water partition coefficient (Wildman–Crippen LogP) is 2.31. The second-order valence-corrected chi connectivity index (χ2v) is 5.85. The maximum Gasteiger partial charge on any atom is 0.387 e. The van der Waals surface area contributed by atoms with Gasteiger partial charge in [0.1, 0.15) is 5.75 Å². The lowest BCUT2D eigenvalue weighted by atomic mass is 10.0. The molecule has 1 amide bonds. The quantitative estimate of drug-likeness (QED) is 0.798. The molecule has 1 aliphatic heterocycles. The van der Waals surface area contributed by atoms with E-state index < -0.39 is 12.7 Å². The molecule has 0 radical (unpaired) electrons. The Kier molecular flexibility index (Phi) is 6.93. The number of benzene rings is 1. The largest absolute Gasteiger partial charge is 0.435 e. The van der Waals surface area contributed by atoms with Crippen LogP contribution in [0.5, 0.6) is 5.75 Å². The number of hydrogen-bond donors (Lipinski definition) is 2. The van der Waals surface area contributed by atoms with E-state index in [2.05, 4.69) is 15.0 Å². The number of alkyl halides is 2. The van der Waals surface area contributed by atoms with Crippen molar-refractivity contribution < 1.29 is 23.4 Å². The summed E-state index contributed by atoms with van der Waals surface area (Å²) in [5.41, 5.74) is 0.421. The Labute approximate surface area is 140 Å². The molecule has 2 N–H and O–H groups in total. The van der Waals surface area contributed by atoms with Gasteiger partial charge in [0.2, 0.25) is 5.91 Å². The van der Waals surface area contributed by atoms with Gasteiger partial charge in [-0.1, -0.05) is 25.5 Å². The van der Waals surface area contributed by atoms with Crippen LogP contribution in [0.1, 0.15) is 37.9 Å². The van der Waals surface area contributed by atoms with Crippen molar-refractivity contribution in [3.63, 3.8) is 0 Å². The van der Waals surface area contributed by atoms with Crippen molar-refractivity contribution in [2.24, 2.45) is 0 Å². The first-order chi connectivity index (χ1) is 11.5. The minimum atomic E-state index is -2.91. The van der Waals surface area contributed by atoms with E-state index in [4.69, 9.17) is 0 Å². The van der Waals surface area contributed by atoms with Crippen LogP contribution < -0.4 is 10.1 Å². The van der Waals surface area contributed by atoms with Crippen LogP contribution in [-0.4, -0.2) is 48.2 Å². The number of carbonyl (C=O) groups is 1. The maximum absolute atomic E-state index is 12.3. The smallest absolute Gasteiger partial charge is 0.387 e. The summed E-state index contributed by atoms with van der Waals surface area (Å²) in [6.45, 7) is 0.862. The second-order valence-electron chi connectivity index (χ2n) is 5.85. The number of piperidine rings is 1. The summed E-state index contributed by atoms with van der Waals surface area (Å²) in [4.78, 5) is 14.5. The lowest BCUT2D eigenvalue weighted by Crippen LogP contribution is -2.49. The Morgan fingerprint density at radius 3 is 2.96 bits per heavy atom. The molecule has 1 aliphatic rings. The highest BCUT2D eigenvalue weighted by molar-refractivity contribution is 5.81. The number of rotatable bonds is 7. The van der Waals surface area contributed by atoms with Gasteiger partial charge in [-0.3, -0.25) is 9.69 Å². The molecule has 24 heavy (non-hydrogen) atoms. The molecular weight excluding hydrogens is 318 g/mol. The third-order valence-corrected chi connectivity index (χ3v) is 4.26. The van der Waals surface area contributed by atoms with Crippen molar-refractivity contribution in [3.05, 3.63) is 29.8 Å². The second kappa shape index (κ2) is 8.94. The average Bonchev–Trinajstić information content (AvgIpc) is 2.59. The number of aliphatic hydroxyl groups excluding tert-OH is 1. The summed E-state index contributed by atoms with van der Waals surface area (Å²) in [5, 5.41) is 12.9. The number of likely N-dealkylation sites (tertiary alicyclic amines) is 1. The van der Waals surface area contributed by atoms with Crippen molar-refractivity contribution in [1.82, 2.24) is 10.2 Å². The Morgan fingerprint density at radius 2 is 2.25 bits per heavy atom. The minimum Gasteiger partial charge on any atom is -0.435 e. The van der Waals surface area contributed by atoms with Gasteiger partial charge >= 0.3 is 6.61 Å². The molecule has 0 aliphatic carbocycles. The summed E-state index contributed by atoms with van der Waals surface area (Å²) in [6, 6.07) is 5.71. The van der Waals surface area contributed by atoms with Crippen LogP contribution in [0, 0.1) is 0 Å². The van der Waals surface area contributed by atoms with E-state index >= 15 is 0 Å². The van der Waals surface area contributed by atoms with Gasteiger partial charge in [-0.05, 0) is 43.6 Å². The fourth-order valence-electron chi connectivity index (χ4n) is 3.00. The van der Waals surface area contributed by atoms with Crippen LogP contribution in [0.2, 0.25) is 0 Å². The summed E-state index contributed by atoms with van der Waals surface area (Å²) in [7, 11) is 0. The van der Waals surface area contributed by atoms with Crippen LogP contribution in [0.25, 0.3) is 0 Å². The summed E-state index contributed by atoms with van der Waals surface area (Å²) in [5.74, 6) is -0.118. The van der Waals surface area contributed by atoms with Crippen LogP contribution in [0.4, 0.5) is 8.78 Å². The molecule has 1 aromatic carbocycles. The van der Waals surface area contributed by atoms with E-state index in [1.807, 2.05) is 6.92 Å². The normalized spacial score (nSPS) is 20.0. The van der Waals surface area contributed by atoms with Crippen molar-refractivity contribution >= 4 is 5.91 Å². The summed E-state index contributed by atoms with van der Waals surface area (Å²) in [6.07, 6.45) is 1.95. The Hall–Kier alpha value is -1.73. The van der Waals surface area contributed by atoms with Gasteiger partial charge in [0.05, 0.1) is 12.1 Å². The van der Waals surface area contributed by atoms with Gasteiger partial charge in [-0.15, -0.1) is 0 Å². The van der Waals surface area contributed by atoms with E-state index in [1.54, 1.807) is 6.07 Å². The number of amides is 1. The van der Waals surface area contributed by atoms with Crippen molar-refractivity contribution in [3.8, 4) is 5.75 Å². The zero-order chi connectivity index (χ0) is 17.5. The van der Waals surface area contributed by atoms with Crippen molar-refractivity contribution in [2.75, 3.05) is 19.6 Å². The molecule has 0 aromatic heterocycles. The van der Waals surface area contributed by atoms with Gasteiger partial charge in [-0.2, -0.15) is 8.78 Å². The first-order valence-electron chi connectivity index (χ1n) is 8.26. The molecule has 1 saturated heterocycles. The van der Waals surface area contributed by atoms with Gasteiger partial charge in [0.25, 0.3) is 0 Å². The van der Waals surface area contributed by atoms with E-state index in [0.29, 0.717) is 5.56 Å². The minimum absolute atomic E-state index is 0.0164. The molecule has 0 spiro atoms. The first kappa shape index (κ1) is 18.6. The molecule has 1 aromatic rings. The average molecular weight is 342 g/mol. The first-order valence-corrected chi connectivity index (χ1v) is 8.26. The number of halogens is 2. The SMILES string of the molecule is CCN1CCCCC1C(=O)NCC(O)c1cccc(OC(F)F)c1. The van der Waals surface area contributed by atoms with Crippen molar-refractivity contribution in [1.29, 1.82) is 0 Å². The lowest BCUT2D eigenvalue weighted by molar-refractivity contribution is -0.128. The molecule has 2 rings (SSSR count). The summed E-state index contributed by atoms with van der Waals surface area (Å²) >= 11 is 0. The molecule has 134 valence electrons. The number of carbonyl (C=O) groups excluding carboxylic acids is 1. The van der Waals surface area contributed by atoms with Crippen LogP contribution >= 0.6 is 0 Å². The van der Waals surface area contributed by atoms with Crippen LogP contribution in [0.15, 0.2) is 24.3 Å². The van der Waals surface area contributed by atoms with Gasteiger partial charge in [0, 0.05) is 6.54 Å². The molecule has 2 unspecified atom stereocenters. The molecule has 0 bridgehead atoms.